The Morgan fingerprint density at radius 2 is 2.05 bits per heavy atom. The highest BCUT2D eigenvalue weighted by Crippen LogP contribution is 2.48. The average Bonchev–Trinajstić information content (AvgIpc) is 2.33. The van der Waals surface area contributed by atoms with Crippen molar-refractivity contribution in [3.8, 4) is 0 Å². The van der Waals surface area contributed by atoms with Gasteiger partial charge in [-0.3, -0.25) is 4.79 Å². The summed E-state index contributed by atoms with van der Waals surface area (Å²) >= 11 is 3.04. The number of benzene rings is 1. The molecule has 5 heteroatoms. The topological polar surface area (TPSA) is 37.3 Å². The van der Waals surface area contributed by atoms with Gasteiger partial charge in [0.05, 0.1) is 10.4 Å². The summed E-state index contributed by atoms with van der Waals surface area (Å²) in [5, 5.41) is 9.33. The molecule has 0 aromatic heterocycles. The van der Waals surface area contributed by atoms with Crippen LogP contribution < -0.4 is 0 Å². The zero-order chi connectivity index (χ0) is 15.1. The van der Waals surface area contributed by atoms with Crippen LogP contribution in [0, 0.1) is 23.0 Å². The lowest BCUT2D eigenvalue weighted by atomic mass is 9.65. The third-order valence-electron chi connectivity index (χ3n) is 4.16. The van der Waals surface area contributed by atoms with Crippen molar-refractivity contribution >= 4 is 21.9 Å². The van der Waals surface area contributed by atoms with Gasteiger partial charge in [-0.1, -0.05) is 13.8 Å². The molecule has 0 amide bonds. The molecule has 0 aliphatic heterocycles. The lowest BCUT2D eigenvalue weighted by Crippen LogP contribution is -2.34. The summed E-state index contributed by atoms with van der Waals surface area (Å²) in [5.41, 5.74) is -0.211. The Morgan fingerprint density at radius 1 is 1.40 bits per heavy atom. The number of hydrogen-bond acceptors (Lipinski definition) is 1. The van der Waals surface area contributed by atoms with Crippen LogP contribution in [0.1, 0.15) is 44.6 Å². The van der Waals surface area contributed by atoms with Crippen LogP contribution in [0.15, 0.2) is 16.6 Å². The van der Waals surface area contributed by atoms with E-state index in [2.05, 4.69) is 15.9 Å². The second-order valence-corrected chi connectivity index (χ2v) is 7.07. The Kier molecular flexibility index (Phi) is 4.19. The van der Waals surface area contributed by atoms with E-state index in [1.165, 1.54) is 12.1 Å². The number of hydrogen-bond donors (Lipinski definition) is 1. The van der Waals surface area contributed by atoms with Crippen LogP contribution in [0.25, 0.3) is 0 Å². The molecular formula is C15H17BrF2O2. The summed E-state index contributed by atoms with van der Waals surface area (Å²) in [5.74, 6) is -3.70. The van der Waals surface area contributed by atoms with Crippen molar-refractivity contribution < 1.29 is 18.7 Å². The van der Waals surface area contributed by atoms with Crippen LogP contribution in [0.3, 0.4) is 0 Å². The molecule has 0 heterocycles. The monoisotopic (exact) mass is 346 g/mol. The van der Waals surface area contributed by atoms with E-state index in [-0.39, 0.29) is 15.5 Å². The van der Waals surface area contributed by atoms with Gasteiger partial charge in [-0.25, -0.2) is 8.78 Å². The fraction of sp³-hybridized carbons (Fsp3) is 0.533. The predicted octanol–water partition coefficient (Wildman–Crippen LogP) is 4.72. The van der Waals surface area contributed by atoms with Crippen molar-refractivity contribution in [2.75, 3.05) is 0 Å². The number of rotatable bonds is 2. The van der Waals surface area contributed by atoms with Gasteiger partial charge in [0.15, 0.2) is 0 Å². The summed E-state index contributed by atoms with van der Waals surface area (Å²) in [7, 11) is 0. The molecule has 2 rings (SSSR count). The van der Waals surface area contributed by atoms with E-state index in [1.54, 1.807) is 0 Å². The highest BCUT2D eigenvalue weighted by molar-refractivity contribution is 9.10. The summed E-state index contributed by atoms with van der Waals surface area (Å²) in [6, 6.07) is 2.49. The maximum atomic E-state index is 14.3. The van der Waals surface area contributed by atoms with Crippen LogP contribution >= 0.6 is 15.9 Å². The largest absolute Gasteiger partial charge is 0.481 e. The molecule has 2 unspecified atom stereocenters. The highest BCUT2D eigenvalue weighted by atomic mass is 79.9. The molecule has 20 heavy (non-hydrogen) atoms. The number of carbonyl (C=O) groups is 1. The Labute approximate surface area is 125 Å². The second kappa shape index (κ2) is 5.43. The van der Waals surface area contributed by atoms with Crippen molar-refractivity contribution in [2.24, 2.45) is 11.3 Å². The molecule has 1 fully saturated rings. The van der Waals surface area contributed by atoms with Gasteiger partial charge in [-0.2, -0.15) is 0 Å². The third-order valence-corrected chi connectivity index (χ3v) is 4.77. The lowest BCUT2D eigenvalue weighted by Gasteiger charge is -2.39. The number of halogens is 3. The van der Waals surface area contributed by atoms with Gasteiger partial charge in [0, 0.05) is 11.5 Å². The molecule has 1 saturated carbocycles. The van der Waals surface area contributed by atoms with E-state index in [9.17, 15) is 18.7 Å². The Morgan fingerprint density at radius 3 is 2.65 bits per heavy atom. The van der Waals surface area contributed by atoms with Crippen LogP contribution in [0.4, 0.5) is 8.78 Å². The molecule has 0 bridgehead atoms. The minimum absolute atomic E-state index is 0.0976. The molecule has 0 saturated heterocycles. The van der Waals surface area contributed by atoms with E-state index in [0.29, 0.717) is 12.8 Å². The Hall–Kier alpha value is -0.970. The van der Waals surface area contributed by atoms with Crippen molar-refractivity contribution in [3.05, 3.63) is 33.8 Å². The van der Waals surface area contributed by atoms with Crippen LogP contribution in [-0.2, 0) is 4.79 Å². The van der Waals surface area contributed by atoms with Crippen LogP contribution in [-0.4, -0.2) is 11.1 Å². The first kappa shape index (κ1) is 15.4. The van der Waals surface area contributed by atoms with E-state index in [0.717, 1.165) is 6.42 Å². The molecule has 2 nitrogen and oxygen atoms in total. The molecule has 1 aliphatic carbocycles. The molecule has 0 radical (unpaired) electrons. The lowest BCUT2D eigenvalue weighted by molar-refractivity contribution is -0.144. The predicted molar refractivity (Wildman–Crippen MR) is 75.6 cm³/mol. The van der Waals surface area contributed by atoms with Crippen molar-refractivity contribution in [1.29, 1.82) is 0 Å². The van der Waals surface area contributed by atoms with E-state index in [1.807, 2.05) is 13.8 Å². The Bertz CT molecular complexity index is 543. The van der Waals surface area contributed by atoms with Gasteiger partial charge in [0.1, 0.15) is 11.6 Å². The summed E-state index contributed by atoms with van der Waals surface area (Å²) in [6.07, 6.45) is 1.66. The first-order chi connectivity index (χ1) is 9.23. The van der Waals surface area contributed by atoms with Gasteiger partial charge >= 0.3 is 5.97 Å². The molecular weight excluding hydrogens is 330 g/mol. The molecule has 110 valence electrons. The van der Waals surface area contributed by atoms with Gasteiger partial charge in [-0.05, 0) is 52.7 Å². The van der Waals surface area contributed by atoms with Gasteiger partial charge in [0.25, 0.3) is 0 Å². The quantitative estimate of drug-likeness (QED) is 0.786. The minimum Gasteiger partial charge on any atom is -0.481 e. The fourth-order valence-electron chi connectivity index (χ4n) is 3.07. The molecule has 1 aliphatic rings. The first-order valence-corrected chi connectivity index (χ1v) is 7.38. The molecule has 0 spiro atoms. The van der Waals surface area contributed by atoms with Crippen LogP contribution in [0.5, 0.6) is 0 Å². The highest BCUT2D eigenvalue weighted by Gasteiger charge is 2.41. The van der Waals surface area contributed by atoms with Crippen molar-refractivity contribution in [1.82, 2.24) is 0 Å². The minimum atomic E-state index is -0.982. The maximum absolute atomic E-state index is 14.3. The van der Waals surface area contributed by atoms with Crippen molar-refractivity contribution in [2.45, 2.75) is 39.0 Å². The second-order valence-electron chi connectivity index (χ2n) is 6.22. The van der Waals surface area contributed by atoms with Crippen molar-refractivity contribution in [3.63, 3.8) is 0 Å². The maximum Gasteiger partial charge on any atom is 0.307 e. The van der Waals surface area contributed by atoms with Gasteiger partial charge in [-0.15, -0.1) is 0 Å². The number of aliphatic carboxylic acids is 1. The number of carboxylic acid groups (broad SMARTS) is 1. The zero-order valence-corrected chi connectivity index (χ0v) is 13.0. The van der Waals surface area contributed by atoms with E-state index >= 15 is 0 Å². The molecule has 1 aromatic carbocycles. The number of carboxylic acids is 1. The summed E-state index contributed by atoms with van der Waals surface area (Å²) in [6.45, 7) is 4.01. The van der Waals surface area contributed by atoms with E-state index in [4.69, 9.17) is 0 Å². The third kappa shape index (κ3) is 2.87. The molecule has 1 N–H and O–H groups in total. The SMILES string of the molecule is CC1(C)CCC(C(=O)O)C(c2c(F)ccc(Br)c2F)C1. The Balaban J connectivity index is 2.51. The van der Waals surface area contributed by atoms with E-state index < -0.39 is 29.4 Å². The smallest absolute Gasteiger partial charge is 0.307 e. The van der Waals surface area contributed by atoms with Crippen LogP contribution in [0.2, 0.25) is 0 Å². The van der Waals surface area contributed by atoms with Gasteiger partial charge in [0.2, 0.25) is 0 Å². The zero-order valence-electron chi connectivity index (χ0n) is 11.4. The summed E-state index contributed by atoms with van der Waals surface area (Å²) in [4.78, 5) is 11.4. The molecule has 1 aromatic rings. The summed E-state index contributed by atoms with van der Waals surface area (Å²) < 4.78 is 28.5. The standard InChI is InChI=1S/C15H17BrF2O2/c1-15(2)6-5-8(14(19)20)9(7-15)12-11(17)4-3-10(16)13(12)18/h3-4,8-9H,5-7H2,1-2H3,(H,19,20). The molecule has 2 atom stereocenters. The fourth-order valence-corrected chi connectivity index (χ4v) is 3.41. The van der Waals surface area contributed by atoms with Gasteiger partial charge < -0.3 is 5.11 Å². The normalized spacial score (nSPS) is 25.4. The first-order valence-electron chi connectivity index (χ1n) is 6.59. The average molecular weight is 347 g/mol.